The van der Waals surface area contributed by atoms with Crippen LogP contribution >= 0.6 is 11.6 Å². The highest BCUT2D eigenvalue weighted by Crippen LogP contribution is 2.22. The molecule has 0 saturated carbocycles. The molecule has 0 aliphatic carbocycles. The number of rotatable bonds is 5. The van der Waals surface area contributed by atoms with Crippen LogP contribution < -0.4 is 16.4 Å². The molecule has 4 N–H and O–H groups in total. The van der Waals surface area contributed by atoms with Crippen molar-refractivity contribution in [1.29, 1.82) is 0 Å². The minimum absolute atomic E-state index is 0.198. The van der Waals surface area contributed by atoms with E-state index in [1.54, 1.807) is 48.5 Å². The van der Waals surface area contributed by atoms with Crippen molar-refractivity contribution in [3.05, 3.63) is 59.1 Å². The van der Waals surface area contributed by atoms with Crippen LogP contribution in [0.3, 0.4) is 0 Å². The van der Waals surface area contributed by atoms with Gasteiger partial charge in [-0.05, 0) is 36.4 Å². The number of hydrogen-bond acceptors (Lipinski definition) is 3. The summed E-state index contributed by atoms with van der Waals surface area (Å²) in [6, 6.07) is 13.5. The Hall–Kier alpha value is -2.37. The van der Waals surface area contributed by atoms with Gasteiger partial charge in [0.25, 0.3) is 5.91 Å². The Morgan fingerprint density at radius 3 is 2.14 bits per heavy atom. The maximum absolute atomic E-state index is 12.2. The molecule has 0 aliphatic heterocycles. The van der Waals surface area contributed by atoms with E-state index in [1.165, 1.54) is 0 Å². The molecule has 0 unspecified atom stereocenters. The number of amides is 2. The van der Waals surface area contributed by atoms with Crippen molar-refractivity contribution in [3.63, 3.8) is 0 Å². The minimum Gasteiger partial charge on any atom is -0.330 e. The molecule has 0 saturated heterocycles. The maximum atomic E-state index is 12.2. The summed E-state index contributed by atoms with van der Waals surface area (Å²) < 4.78 is 0. The molecule has 6 heteroatoms. The number of para-hydroxylation sites is 2. The van der Waals surface area contributed by atoms with Crippen molar-refractivity contribution in [2.24, 2.45) is 5.73 Å². The van der Waals surface area contributed by atoms with E-state index in [2.05, 4.69) is 10.6 Å². The van der Waals surface area contributed by atoms with Crippen molar-refractivity contribution in [3.8, 4) is 0 Å². The summed E-state index contributed by atoms with van der Waals surface area (Å²) in [5.74, 6) is -0.479. The van der Waals surface area contributed by atoms with Gasteiger partial charge in [-0.3, -0.25) is 9.59 Å². The van der Waals surface area contributed by atoms with Crippen molar-refractivity contribution in [2.75, 3.05) is 17.2 Å². The first-order valence-electron chi connectivity index (χ1n) is 6.76. The molecule has 0 heterocycles. The number of halogens is 1. The number of nitrogens with one attached hydrogen (secondary N) is 2. The highest BCUT2D eigenvalue weighted by molar-refractivity contribution is 6.30. The third-order valence-electron chi connectivity index (χ3n) is 2.93. The van der Waals surface area contributed by atoms with E-state index in [-0.39, 0.29) is 24.8 Å². The second-order valence-corrected chi connectivity index (χ2v) is 5.03. The molecule has 0 spiro atoms. The lowest BCUT2D eigenvalue weighted by molar-refractivity contribution is -0.116. The van der Waals surface area contributed by atoms with Crippen LogP contribution in [0.2, 0.25) is 5.02 Å². The normalized spacial score (nSPS) is 10.1. The van der Waals surface area contributed by atoms with Gasteiger partial charge in [-0.15, -0.1) is 0 Å². The zero-order valence-electron chi connectivity index (χ0n) is 11.8. The van der Waals surface area contributed by atoms with Crippen molar-refractivity contribution >= 4 is 34.8 Å². The van der Waals surface area contributed by atoms with Crippen LogP contribution in [-0.4, -0.2) is 18.4 Å². The number of nitrogens with two attached hydrogens (primary N) is 1. The highest BCUT2D eigenvalue weighted by atomic mass is 35.5. The SMILES string of the molecule is NCCC(=O)Nc1ccccc1NC(=O)c1ccc(Cl)cc1. The largest absolute Gasteiger partial charge is 0.330 e. The zero-order chi connectivity index (χ0) is 15.9. The first-order valence-corrected chi connectivity index (χ1v) is 7.14. The quantitative estimate of drug-likeness (QED) is 0.792. The summed E-state index contributed by atoms with van der Waals surface area (Å²) in [7, 11) is 0. The van der Waals surface area contributed by atoms with Crippen LogP contribution in [0.15, 0.2) is 48.5 Å². The molecule has 0 bridgehead atoms. The van der Waals surface area contributed by atoms with Gasteiger partial charge in [-0.25, -0.2) is 0 Å². The van der Waals surface area contributed by atoms with Crippen LogP contribution in [0.25, 0.3) is 0 Å². The summed E-state index contributed by atoms with van der Waals surface area (Å²) in [5.41, 5.74) is 6.88. The molecule has 114 valence electrons. The van der Waals surface area contributed by atoms with Gasteiger partial charge in [0.05, 0.1) is 11.4 Å². The molecular weight excluding hydrogens is 302 g/mol. The molecule has 2 amide bonds. The van der Waals surface area contributed by atoms with Crippen LogP contribution in [0.1, 0.15) is 16.8 Å². The van der Waals surface area contributed by atoms with Crippen LogP contribution in [0, 0.1) is 0 Å². The van der Waals surface area contributed by atoms with Crippen LogP contribution in [-0.2, 0) is 4.79 Å². The smallest absolute Gasteiger partial charge is 0.255 e. The van der Waals surface area contributed by atoms with Crippen LogP contribution in [0.5, 0.6) is 0 Å². The van der Waals surface area contributed by atoms with Gasteiger partial charge in [-0.1, -0.05) is 23.7 Å². The highest BCUT2D eigenvalue weighted by Gasteiger charge is 2.10. The monoisotopic (exact) mass is 317 g/mol. The van der Waals surface area contributed by atoms with Gasteiger partial charge >= 0.3 is 0 Å². The third-order valence-corrected chi connectivity index (χ3v) is 3.18. The lowest BCUT2D eigenvalue weighted by Gasteiger charge is -2.12. The standard InChI is InChI=1S/C16H16ClN3O2/c17-12-7-5-11(6-8-12)16(22)20-14-4-2-1-3-13(14)19-15(21)9-10-18/h1-8H,9-10,18H2,(H,19,21)(H,20,22). The lowest BCUT2D eigenvalue weighted by atomic mass is 10.2. The van der Waals surface area contributed by atoms with Crippen molar-refractivity contribution < 1.29 is 9.59 Å². The predicted octanol–water partition coefficient (Wildman–Crippen LogP) is 2.88. The molecule has 0 aromatic heterocycles. The summed E-state index contributed by atoms with van der Waals surface area (Å²) in [4.78, 5) is 23.8. The molecule has 22 heavy (non-hydrogen) atoms. The fraction of sp³-hybridized carbons (Fsp3) is 0.125. The predicted molar refractivity (Wildman–Crippen MR) is 88.1 cm³/mol. The Labute approximate surface area is 133 Å². The average molecular weight is 318 g/mol. The first kappa shape index (κ1) is 16.0. The maximum Gasteiger partial charge on any atom is 0.255 e. The fourth-order valence-electron chi connectivity index (χ4n) is 1.84. The molecule has 2 aromatic rings. The van der Waals surface area contributed by atoms with Gasteiger partial charge in [0.2, 0.25) is 5.91 Å². The minimum atomic E-state index is -0.280. The van der Waals surface area contributed by atoms with Gasteiger partial charge in [0.1, 0.15) is 0 Å². The average Bonchev–Trinajstić information content (AvgIpc) is 2.50. The topological polar surface area (TPSA) is 84.2 Å². The van der Waals surface area contributed by atoms with E-state index in [0.717, 1.165) is 0 Å². The van der Waals surface area contributed by atoms with E-state index in [4.69, 9.17) is 17.3 Å². The first-order chi connectivity index (χ1) is 10.6. The Morgan fingerprint density at radius 1 is 0.955 bits per heavy atom. The number of carbonyl (C=O) groups excluding carboxylic acids is 2. The van der Waals surface area contributed by atoms with Crippen LogP contribution in [0.4, 0.5) is 11.4 Å². The molecule has 0 atom stereocenters. The van der Waals surface area contributed by atoms with Crippen molar-refractivity contribution in [1.82, 2.24) is 0 Å². The second-order valence-electron chi connectivity index (χ2n) is 4.59. The second kappa shape index (κ2) is 7.59. The summed E-state index contributed by atoms with van der Waals surface area (Å²) in [6.07, 6.45) is 0.222. The number of anilines is 2. The van der Waals surface area contributed by atoms with E-state index in [1.807, 2.05) is 0 Å². The molecule has 0 fully saturated rings. The van der Waals surface area contributed by atoms with E-state index < -0.39 is 0 Å². The van der Waals surface area contributed by atoms with Gasteiger partial charge in [0.15, 0.2) is 0 Å². The molecule has 2 aromatic carbocycles. The summed E-state index contributed by atoms with van der Waals surface area (Å²) in [6.45, 7) is 0.269. The summed E-state index contributed by atoms with van der Waals surface area (Å²) >= 11 is 5.80. The van der Waals surface area contributed by atoms with E-state index in [0.29, 0.717) is 22.0 Å². The van der Waals surface area contributed by atoms with E-state index >= 15 is 0 Å². The van der Waals surface area contributed by atoms with Gasteiger partial charge in [-0.2, -0.15) is 0 Å². The number of hydrogen-bond donors (Lipinski definition) is 3. The number of benzene rings is 2. The lowest BCUT2D eigenvalue weighted by Crippen LogP contribution is -2.18. The Kier molecular flexibility index (Phi) is 5.52. The fourth-order valence-corrected chi connectivity index (χ4v) is 1.97. The zero-order valence-corrected chi connectivity index (χ0v) is 12.6. The van der Waals surface area contributed by atoms with E-state index in [9.17, 15) is 9.59 Å². The van der Waals surface area contributed by atoms with Gasteiger partial charge in [0, 0.05) is 23.6 Å². The molecular formula is C16H16ClN3O2. The molecule has 2 rings (SSSR count). The molecule has 5 nitrogen and oxygen atoms in total. The Morgan fingerprint density at radius 2 is 1.55 bits per heavy atom. The van der Waals surface area contributed by atoms with Gasteiger partial charge < -0.3 is 16.4 Å². The van der Waals surface area contributed by atoms with Crippen molar-refractivity contribution in [2.45, 2.75) is 6.42 Å². The molecule has 0 aliphatic rings. The Bertz CT molecular complexity index is 671. The summed E-state index contributed by atoms with van der Waals surface area (Å²) in [5, 5.41) is 6.05. The molecule has 0 radical (unpaired) electrons. The Balaban J connectivity index is 2.13. The number of carbonyl (C=O) groups is 2. The third kappa shape index (κ3) is 4.31.